The molecule has 2 rings (SSSR count). The van der Waals surface area contributed by atoms with Gasteiger partial charge in [0, 0.05) is 25.4 Å². The van der Waals surface area contributed by atoms with Crippen molar-refractivity contribution in [1.82, 2.24) is 10.3 Å². The van der Waals surface area contributed by atoms with Crippen LogP contribution in [0.25, 0.3) is 0 Å². The van der Waals surface area contributed by atoms with E-state index in [1.807, 2.05) is 0 Å². The van der Waals surface area contributed by atoms with Gasteiger partial charge in [0.2, 0.25) is 5.88 Å². The third-order valence-electron chi connectivity index (χ3n) is 3.10. The van der Waals surface area contributed by atoms with Crippen LogP contribution in [0.3, 0.4) is 0 Å². The average molecular weight is 340 g/mol. The molecule has 0 aliphatic heterocycles. The van der Waals surface area contributed by atoms with Gasteiger partial charge >= 0.3 is 12.1 Å². The summed E-state index contributed by atoms with van der Waals surface area (Å²) >= 11 is 0. The van der Waals surface area contributed by atoms with Gasteiger partial charge in [0.25, 0.3) is 0 Å². The Kier molecular flexibility index (Phi) is 5.75. The number of carboxylic acid groups (broad SMARTS) is 1. The third-order valence-corrected chi connectivity index (χ3v) is 3.10. The Bertz CT molecular complexity index is 688. The average Bonchev–Trinajstić information content (AvgIpc) is 2.54. The van der Waals surface area contributed by atoms with Crippen LogP contribution in [0.2, 0.25) is 0 Å². The van der Waals surface area contributed by atoms with Gasteiger partial charge in [0.05, 0.1) is 11.1 Å². The van der Waals surface area contributed by atoms with E-state index in [-0.39, 0.29) is 18.1 Å². The van der Waals surface area contributed by atoms with E-state index < -0.39 is 17.7 Å². The summed E-state index contributed by atoms with van der Waals surface area (Å²) in [4.78, 5) is 14.5. The van der Waals surface area contributed by atoms with Crippen molar-refractivity contribution in [2.24, 2.45) is 0 Å². The molecule has 0 amide bonds. The standard InChI is InChI=1S/C16H15F3N2O3/c17-16(18,19)13-4-5-14(21-10-13)24-7-6-20-9-11-2-1-3-12(8-11)15(22)23/h1-5,8,10,20H,6-7,9H2,(H,22,23). The minimum atomic E-state index is -4.42. The van der Waals surface area contributed by atoms with Gasteiger partial charge in [-0.1, -0.05) is 12.1 Å². The van der Waals surface area contributed by atoms with Gasteiger partial charge in [0.15, 0.2) is 0 Å². The van der Waals surface area contributed by atoms with Crippen molar-refractivity contribution in [1.29, 1.82) is 0 Å². The minimum Gasteiger partial charge on any atom is -0.478 e. The molecule has 0 spiro atoms. The maximum absolute atomic E-state index is 12.4. The van der Waals surface area contributed by atoms with Crippen LogP contribution in [0.15, 0.2) is 42.6 Å². The number of carboxylic acids is 1. The molecule has 2 aromatic rings. The summed E-state index contributed by atoms with van der Waals surface area (Å²) in [6.45, 7) is 1.10. The van der Waals surface area contributed by atoms with Crippen LogP contribution in [0.4, 0.5) is 13.2 Å². The van der Waals surface area contributed by atoms with Crippen molar-refractivity contribution in [2.75, 3.05) is 13.2 Å². The lowest BCUT2D eigenvalue weighted by Gasteiger charge is -2.09. The first-order chi connectivity index (χ1) is 11.4. The smallest absolute Gasteiger partial charge is 0.417 e. The molecular weight excluding hydrogens is 325 g/mol. The molecule has 8 heteroatoms. The number of pyridine rings is 1. The van der Waals surface area contributed by atoms with Crippen molar-refractivity contribution in [3.8, 4) is 5.88 Å². The van der Waals surface area contributed by atoms with Gasteiger partial charge in [-0.2, -0.15) is 13.2 Å². The van der Waals surface area contributed by atoms with Crippen LogP contribution in [0.1, 0.15) is 21.5 Å². The summed E-state index contributed by atoms with van der Waals surface area (Å²) in [7, 11) is 0. The zero-order chi connectivity index (χ0) is 17.6. The second kappa shape index (κ2) is 7.78. The van der Waals surface area contributed by atoms with Gasteiger partial charge in [-0.25, -0.2) is 9.78 Å². The molecule has 1 aromatic heterocycles. The van der Waals surface area contributed by atoms with E-state index in [4.69, 9.17) is 9.84 Å². The summed E-state index contributed by atoms with van der Waals surface area (Å²) in [5.74, 6) is -0.883. The van der Waals surface area contributed by atoms with E-state index in [0.717, 1.165) is 17.8 Å². The summed E-state index contributed by atoms with van der Waals surface area (Å²) in [6, 6.07) is 8.59. The number of nitrogens with one attached hydrogen (secondary N) is 1. The molecule has 0 aliphatic rings. The lowest BCUT2D eigenvalue weighted by Crippen LogP contribution is -2.21. The van der Waals surface area contributed by atoms with Gasteiger partial charge < -0.3 is 15.2 Å². The Morgan fingerprint density at radius 2 is 2.04 bits per heavy atom. The first-order valence-corrected chi connectivity index (χ1v) is 7.05. The van der Waals surface area contributed by atoms with E-state index in [0.29, 0.717) is 13.1 Å². The van der Waals surface area contributed by atoms with Crippen molar-refractivity contribution in [3.05, 3.63) is 59.3 Å². The SMILES string of the molecule is O=C(O)c1cccc(CNCCOc2ccc(C(F)(F)F)cn2)c1. The Morgan fingerprint density at radius 1 is 1.25 bits per heavy atom. The van der Waals surface area contributed by atoms with E-state index >= 15 is 0 Å². The second-order valence-electron chi connectivity index (χ2n) is 4.91. The first-order valence-electron chi connectivity index (χ1n) is 7.05. The molecule has 0 radical (unpaired) electrons. The monoisotopic (exact) mass is 340 g/mol. The van der Waals surface area contributed by atoms with Crippen molar-refractivity contribution < 1.29 is 27.8 Å². The molecule has 0 saturated carbocycles. The van der Waals surface area contributed by atoms with Crippen LogP contribution in [-0.2, 0) is 12.7 Å². The second-order valence-corrected chi connectivity index (χ2v) is 4.91. The number of rotatable bonds is 7. The summed E-state index contributed by atoms with van der Waals surface area (Å²) in [6.07, 6.45) is -3.70. The molecule has 2 N–H and O–H groups in total. The normalized spacial score (nSPS) is 11.3. The fourth-order valence-electron chi connectivity index (χ4n) is 1.91. The Hall–Kier alpha value is -2.61. The highest BCUT2D eigenvalue weighted by Crippen LogP contribution is 2.29. The van der Waals surface area contributed by atoms with E-state index in [2.05, 4.69) is 10.3 Å². The number of alkyl halides is 3. The molecule has 0 fully saturated rings. The highest BCUT2D eigenvalue weighted by molar-refractivity contribution is 5.87. The highest BCUT2D eigenvalue weighted by Gasteiger charge is 2.30. The molecule has 0 atom stereocenters. The number of nitrogens with zero attached hydrogens (tertiary/aromatic N) is 1. The number of hydrogen-bond acceptors (Lipinski definition) is 4. The van der Waals surface area contributed by atoms with Gasteiger partial charge in [-0.15, -0.1) is 0 Å². The quantitative estimate of drug-likeness (QED) is 0.758. The molecule has 128 valence electrons. The molecule has 1 aromatic carbocycles. The first kappa shape index (κ1) is 17.7. The molecule has 24 heavy (non-hydrogen) atoms. The topological polar surface area (TPSA) is 71.5 Å². The summed E-state index contributed by atoms with van der Waals surface area (Å²) in [5.41, 5.74) is 0.188. The summed E-state index contributed by atoms with van der Waals surface area (Å²) in [5, 5.41) is 11.9. The maximum Gasteiger partial charge on any atom is 0.417 e. The molecule has 0 bridgehead atoms. The van der Waals surface area contributed by atoms with E-state index in [9.17, 15) is 18.0 Å². The van der Waals surface area contributed by atoms with E-state index in [1.54, 1.807) is 18.2 Å². The molecule has 0 unspecified atom stereocenters. The predicted molar refractivity (Wildman–Crippen MR) is 79.8 cm³/mol. The van der Waals surface area contributed by atoms with Crippen molar-refractivity contribution >= 4 is 5.97 Å². The zero-order valence-corrected chi connectivity index (χ0v) is 12.5. The number of aromatic carboxylic acids is 1. The van der Waals surface area contributed by atoms with Crippen LogP contribution >= 0.6 is 0 Å². The number of benzene rings is 1. The molecular formula is C16H15F3N2O3. The molecule has 1 heterocycles. The highest BCUT2D eigenvalue weighted by atomic mass is 19.4. The lowest BCUT2D eigenvalue weighted by atomic mass is 10.1. The summed E-state index contributed by atoms with van der Waals surface area (Å²) < 4.78 is 42.4. The van der Waals surface area contributed by atoms with Crippen molar-refractivity contribution in [2.45, 2.75) is 12.7 Å². The van der Waals surface area contributed by atoms with E-state index in [1.165, 1.54) is 12.1 Å². The maximum atomic E-state index is 12.4. The fraction of sp³-hybridized carbons (Fsp3) is 0.250. The van der Waals surface area contributed by atoms with Crippen LogP contribution in [0.5, 0.6) is 5.88 Å². The lowest BCUT2D eigenvalue weighted by molar-refractivity contribution is -0.137. The van der Waals surface area contributed by atoms with Crippen LogP contribution < -0.4 is 10.1 Å². The minimum absolute atomic E-state index is 0.109. The third kappa shape index (κ3) is 5.24. The Labute approximate surface area is 136 Å². The fourth-order valence-corrected chi connectivity index (χ4v) is 1.91. The number of aromatic nitrogens is 1. The number of ether oxygens (including phenoxy) is 1. The molecule has 0 aliphatic carbocycles. The number of carbonyl (C=O) groups is 1. The molecule has 0 saturated heterocycles. The number of hydrogen-bond donors (Lipinski definition) is 2. The number of halogens is 3. The molecule has 5 nitrogen and oxygen atoms in total. The van der Waals surface area contributed by atoms with Gasteiger partial charge in [0.1, 0.15) is 6.61 Å². The van der Waals surface area contributed by atoms with Gasteiger partial charge in [-0.05, 0) is 23.8 Å². The van der Waals surface area contributed by atoms with Crippen molar-refractivity contribution in [3.63, 3.8) is 0 Å². The zero-order valence-electron chi connectivity index (χ0n) is 12.5. The Balaban J connectivity index is 1.73. The predicted octanol–water partition coefficient (Wildman–Crippen LogP) is 2.97. The van der Waals surface area contributed by atoms with Crippen LogP contribution in [-0.4, -0.2) is 29.2 Å². The van der Waals surface area contributed by atoms with Crippen LogP contribution in [0, 0.1) is 0 Å². The largest absolute Gasteiger partial charge is 0.478 e. The van der Waals surface area contributed by atoms with Gasteiger partial charge in [-0.3, -0.25) is 0 Å². The Morgan fingerprint density at radius 3 is 2.67 bits per heavy atom.